The Bertz CT molecular complexity index is 1580. The number of aryl methyl sites for hydroxylation is 1. The molecule has 3 heterocycles. The zero-order chi connectivity index (χ0) is 22.8. The third-order valence-electron chi connectivity index (χ3n) is 5.12. The fourth-order valence-corrected chi connectivity index (χ4v) is 3.70. The Kier molecular flexibility index (Phi) is 5.60. The maximum absolute atomic E-state index is 6.11. The van der Waals surface area contributed by atoms with E-state index in [9.17, 15) is 0 Å². The maximum Gasteiger partial charge on any atom is 0.162 e. The summed E-state index contributed by atoms with van der Waals surface area (Å²) in [5.41, 5.74) is 9.28. The summed E-state index contributed by atoms with van der Waals surface area (Å²) in [7, 11) is 7.80. The van der Waals surface area contributed by atoms with Gasteiger partial charge in [-0.15, -0.1) is 0 Å². The number of fused-ring (bicyclic) bond motifs is 1. The number of benzene rings is 1. The molecule has 0 fully saturated rings. The summed E-state index contributed by atoms with van der Waals surface area (Å²) in [6.07, 6.45) is 2.84. The predicted octanol–water partition coefficient (Wildman–Crippen LogP) is -0.829. The second-order valence-electron chi connectivity index (χ2n) is 7.06. The Hall–Kier alpha value is -4.19. The Balaban J connectivity index is 2.05. The van der Waals surface area contributed by atoms with Crippen LogP contribution in [-0.4, -0.2) is 44.2 Å². The average Bonchev–Trinajstić information content (AvgIpc) is 3.13. The number of nitrogens with two attached hydrogens (primary N) is 1. The highest BCUT2D eigenvalue weighted by molar-refractivity contribution is 6.37. The second kappa shape index (κ2) is 8.51. The van der Waals surface area contributed by atoms with Gasteiger partial charge < -0.3 is 5.73 Å². The molecule has 8 nitrogen and oxygen atoms in total. The summed E-state index contributed by atoms with van der Waals surface area (Å²) in [4.78, 5) is 17.6. The van der Waals surface area contributed by atoms with Crippen molar-refractivity contribution in [2.45, 2.75) is 20.4 Å². The van der Waals surface area contributed by atoms with Crippen molar-refractivity contribution in [3.63, 3.8) is 0 Å². The van der Waals surface area contributed by atoms with Crippen LogP contribution < -0.4 is 27.4 Å². The standard InChI is InChI=1S/C23H21BN8/c1-5-8-16-20-22(24)27-13-28-23(20)31(30-16)12-19-29-17(11-25)21(26-4)15(3)32(19)18-10-7-6-9-14(18)2/h6-7,9-11,13H,3,12,25H2,1-2,4H3. The number of nitrogens with zero attached hydrogens (tertiary/aromatic N) is 7. The highest BCUT2D eigenvalue weighted by Gasteiger charge is 2.17. The fraction of sp³-hybridized carbons (Fsp3) is 0.174. The zero-order valence-corrected chi connectivity index (χ0v) is 18.2. The maximum atomic E-state index is 6.11. The molecule has 4 aromatic rings. The van der Waals surface area contributed by atoms with Gasteiger partial charge in [0.05, 0.1) is 16.4 Å². The predicted molar refractivity (Wildman–Crippen MR) is 126 cm³/mol. The second-order valence-corrected chi connectivity index (χ2v) is 7.06. The lowest BCUT2D eigenvalue weighted by Gasteiger charge is -2.17. The first-order valence-electron chi connectivity index (χ1n) is 9.91. The van der Waals surface area contributed by atoms with E-state index in [1.54, 1.807) is 18.7 Å². The highest BCUT2D eigenvalue weighted by atomic mass is 15.3. The van der Waals surface area contributed by atoms with E-state index in [1.807, 2.05) is 35.8 Å². The normalized spacial score (nSPS) is 12.2. The zero-order valence-electron chi connectivity index (χ0n) is 18.2. The molecule has 32 heavy (non-hydrogen) atoms. The van der Waals surface area contributed by atoms with Crippen LogP contribution in [0.3, 0.4) is 0 Å². The van der Waals surface area contributed by atoms with Gasteiger partial charge >= 0.3 is 0 Å². The quantitative estimate of drug-likeness (QED) is 0.345. The molecular weight excluding hydrogens is 399 g/mol. The molecule has 2 radical (unpaired) electrons. The van der Waals surface area contributed by atoms with Crippen molar-refractivity contribution in [1.29, 1.82) is 0 Å². The molecule has 0 atom stereocenters. The van der Waals surface area contributed by atoms with Gasteiger partial charge in [0.1, 0.15) is 42.9 Å². The molecule has 0 saturated carbocycles. The first-order valence-corrected chi connectivity index (χ1v) is 9.91. The minimum atomic E-state index is 0.278. The number of hydrogen-bond acceptors (Lipinski definition) is 6. The van der Waals surface area contributed by atoms with E-state index in [1.165, 1.54) is 12.5 Å². The number of rotatable bonds is 3. The third-order valence-corrected chi connectivity index (χ3v) is 5.12. The summed E-state index contributed by atoms with van der Waals surface area (Å²) >= 11 is 0. The van der Waals surface area contributed by atoms with Gasteiger partial charge in [-0.1, -0.05) is 30.7 Å². The first-order chi connectivity index (χ1) is 15.5. The van der Waals surface area contributed by atoms with Crippen LogP contribution in [0.5, 0.6) is 0 Å². The van der Waals surface area contributed by atoms with Gasteiger partial charge in [0, 0.05) is 18.8 Å². The van der Waals surface area contributed by atoms with Crippen molar-refractivity contribution < 1.29 is 0 Å². The summed E-state index contributed by atoms with van der Waals surface area (Å²) in [5, 5.41) is 7.08. The third kappa shape index (κ3) is 3.46. The van der Waals surface area contributed by atoms with Crippen molar-refractivity contribution >= 4 is 37.3 Å². The minimum Gasteiger partial charge on any atom is -0.403 e. The van der Waals surface area contributed by atoms with Gasteiger partial charge in [-0.2, -0.15) is 5.10 Å². The van der Waals surface area contributed by atoms with Crippen molar-refractivity contribution in [1.82, 2.24) is 29.3 Å². The Labute approximate surface area is 186 Å². The van der Waals surface area contributed by atoms with Crippen LogP contribution in [0.4, 0.5) is 0 Å². The molecule has 0 aliphatic rings. The summed E-state index contributed by atoms with van der Waals surface area (Å²) in [6, 6.07) is 7.99. The lowest BCUT2D eigenvalue weighted by molar-refractivity contribution is 0.636. The lowest BCUT2D eigenvalue weighted by atomic mass is 10.00. The molecule has 1 aromatic carbocycles. The Morgan fingerprint density at radius 3 is 2.75 bits per heavy atom. The molecule has 2 N–H and O–H groups in total. The van der Waals surface area contributed by atoms with Crippen molar-refractivity contribution in [3.05, 3.63) is 63.7 Å². The highest BCUT2D eigenvalue weighted by Crippen LogP contribution is 2.16. The van der Waals surface area contributed by atoms with Crippen molar-refractivity contribution in [2.24, 2.45) is 10.7 Å². The van der Waals surface area contributed by atoms with E-state index >= 15 is 0 Å². The van der Waals surface area contributed by atoms with Crippen LogP contribution >= 0.6 is 0 Å². The van der Waals surface area contributed by atoms with Crippen LogP contribution in [0.25, 0.3) is 29.5 Å². The van der Waals surface area contributed by atoms with E-state index in [-0.39, 0.29) is 6.54 Å². The molecular formula is C23H21BN8. The minimum absolute atomic E-state index is 0.278. The summed E-state index contributed by atoms with van der Waals surface area (Å²) in [6.45, 7) is 8.34. The molecule has 0 spiro atoms. The molecule has 156 valence electrons. The molecule has 0 saturated heterocycles. The van der Waals surface area contributed by atoms with Crippen LogP contribution in [-0.2, 0) is 6.54 Å². The smallest absolute Gasteiger partial charge is 0.162 e. The van der Waals surface area contributed by atoms with E-state index in [0.717, 1.165) is 11.3 Å². The van der Waals surface area contributed by atoms with Crippen LogP contribution in [0.1, 0.15) is 24.0 Å². The number of aromatic nitrogens is 6. The summed E-state index contributed by atoms with van der Waals surface area (Å²) in [5.74, 6) is 6.51. The van der Waals surface area contributed by atoms with Crippen LogP contribution in [0.15, 0.2) is 35.6 Å². The molecule has 3 aromatic heterocycles. The molecule has 0 unspecified atom stereocenters. The van der Waals surface area contributed by atoms with Gasteiger partial charge in [-0.05, 0) is 31.4 Å². The van der Waals surface area contributed by atoms with E-state index in [0.29, 0.717) is 44.2 Å². The van der Waals surface area contributed by atoms with Crippen LogP contribution in [0.2, 0.25) is 0 Å². The monoisotopic (exact) mass is 420 g/mol. The van der Waals surface area contributed by atoms with Gasteiger partial charge in [0.2, 0.25) is 0 Å². The van der Waals surface area contributed by atoms with E-state index in [4.69, 9.17) is 18.6 Å². The van der Waals surface area contributed by atoms with E-state index < -0.39 is 0 Å². The molecule has 0 amide bonds. The SMILES string of the molecule is [B]c1ncnc2c1c(C#CC)nn2Cc1nc(=CN)c(=NC)c(=C)n1-c1ccccc1C. The molecule has 0 aliphatic heterocycles. The summed E-state index contributed by atoms with van der Waals surface area (Å²) < 4.78 is 3.68. The fourth-order valence-electron chi connectivity index (χ4n) is 3.70. The lowest BCUT2D eigenvalue weighted by Crippen LogP contribution is -2.49. The van der Waals surface area contributed by atoms with Gasteiger partial charge in [-0.3, -0.25) is 14.5 Å². The van der Waals surface area contributed by atoms with E-state index in [2.05, 4.69) is 38.5 Å². The topological polar surface area (TPSA) is 99.8 Å². The molecule has 9 heteroatoms. The van der Waals surface area contributed by atoms with Gasteiger partial charge in [0.15, 0.2) is 5.65 Å². The molecule has 0 aliphatic carbocycles. The number of hydrogen-bond donors (Lipinski definition) is 1. The van der Waals surface area contributed by atoms with Crippen molar-refractivity contribution in [2.75, 3.05) is 7.05 Å². The Morgan fingerprint density at radius 2 is 2.06 bits per heavy atom. The van der Waals surface area contributed by atoms with Crippen LogP contribution in [0, 0.1) is 18.8 Å². The molecule has 0 bridgehead atoms. The van der Waals surface area contributed by atoms with Gasteiger partial charge in [-0.25, -0.2) is 14.6 Å². The largest absolute Gasteiger partial charge is 0.403 e. The molecule has 4 rings (SSSR count). The Morgan fingerprint density at radius 1 is 1.28 bits per heavy atom. The average molecular weight is 420 g/mol. The van der Waals surface area contributed by atoms with Gasteiger partial charge in [0.25, 0.3) is 0 Å². The number of para-hydroxylation sites is 1. The van der Waals surface area contributed by atoms with Crippen molar-refractivity contribution in [3.8, 4) is 17.5 Å². The first kappa shape index (κ1) is 21.1.